The monoisotopic (exact) mass is 337 g/mol. The summed E-state index contributed by atoms with van der Waals surface area (Å²) in [4.78, 5) is 21.2. The first-order chi connectivity index (χ1) is 12.1. The average molecular weight is 337 g/mol. The first kappa shape index (κ1) is 16.6. The van der Waals surface area contributed by atoms with Crippen LogP contribution in [-0.2, 0) is 6.54 Å². The fourth-order valence-corrected chi connectivity index (χ4v) is 2.59. The molecule has 2 N–H and O–H groups in total. The summed E-state index contributed by atoms with van der Waals surface area (Å²) < 4.78 is 5.23. The molecule has 0 aliphatic rings. The molecule has 3 aromatic rings. The van der Waals surface area contributed by atoms with Gasteiger partial charge in [-0.25, -0.2) is 9.97 Å². The van der Waals surface area contributed by atoms with E-state index in [4.69, 9.17) is 4.74 Å². The third kappa shape index (κ3) is 3.82. The first-order valence-electron chi connectivity index (χ1n) is 7.84. The van der Waals surface area contributed by atoms with E-state index in [1.165, 1.54) is 6.20 Å². The summed E-state index contributed by atoms with van der Waals surface area (Å²) in [6.07, 6.45) is 1.51. The Bertz CT molecular complexity index is 884. The van der Waals surface area contributed by atoms with E-state index in [1.807, 2.05) is 44.2 Å². The maximum atomic E-state index is 12.5. The third-order valence-corrected chi connectivity index (χ3v) is 3.68. The summed E-state index contributed by atoms with van der Waals surface area (Å²) in [5.74, 6) is 1.05. The highest BCUT2D eigenvalue weighted by atomic mass is 16.5. The second kappa shape index (κ2) is 7.12. The van der Waals surface area contributed by atoms with Crippen molar-refractivity contribution >= 4 is 5.91 Å². The SMILES string of the molecule is COc1cccc(-c2[nH]ncc2C(=O)NCc2nc(C)cc(C)n2)c1. The molecule has 0 atom stereocenters. The van der Waals surface area contributed by atoms with Gasteiger partial charge in [-0.3, -0.25) is 9.89 Å². The number of aromatic amines is 1. The summed E-state index contributed by atoms with van der Waals surface area (Å²) in [6, 6.07) is 9.33. The normalized spacial score (nSPS) is 10.5. The second-order valence-corrected chi connectivity index (χ2v) is 5.64. The third-order valence-electron chi connectivity index (χ3n) is 3.68. The Morgan fingerprint density at radius 3 is 2.68 bits per heavy atom. The van der Waals surface area contributed by atoms with Crippen LogP contribution in [0.5, 0.6) is 5.75 Å². The number of amides is 1. The fourth-order valence-electron chi connectivity index (χ4n) is 2.59. The van der Waals surface area contributed by atoms with Crippen molar-refractivity contribution in [2.45, 2.75) is 20.4 Å². The molecule has 0 bridgehead atoms. The zero-order valence-electron chi connectivity index (χ0n) is 14.3. The summed E-state index contributed by atoms with van der Waals surface area (Å²) in [5.41, 5.74) is 3.66. The van der Waals surface area contributed by atoms with E-state index in [0.717, 1.165) is 17.0 Å². The van der Waals surface area contributed by atoms with Gasteiger partial charge in [-0.05, 0) is 32.0 Å². The van der Waals surface area contributed by atoms with Gasteiger partial charge in [0.25, 0.3) is 5.91 Å². The van der Waals surface area contributed by atoms with Crippen LogP contribution in [0.25, 0.3) is 11.3 Å². The molecule has 7 nitrogen and oxygen atoms in total. The molecule has 1 amide bonds. The maximum absolute atomic E-state index is 12.5. The molecule has 0 aliphatic carbocycles. The van der Waals surface area contributed by atoms with E-state index in [1.54, 1.807) is 7.11 Å². The summed E-state index contributed by atoms with van der Waals surface area (Å²) >= 11 is 0. The highest BCUT2D eigenvalue weighted by Crippen LogP contribution is 2.24. The predicted octanol–water partition coefficient (Wildman–Crippen LogP) is 2.42. The lowest BCUT2D eigenvalue weighted by molar-refractivity contribution is 0.0950. The Balaban J connectivity index is 1.78. The number of ether oxygens (including phenoxy) is 1. The zero-order chi connectivity index (χ0) is 17.8. The molecule has 3 rings (SSSR count). The number of benzene rings is 1. The minimum absolute atomic E-state index is 0.241. The molecule has 25 heavy (non-hydrogen) atoms. The number of carbonyl (C=O) groups excluding carboxylic acids is 1. The van der Waals surface area contributed by atoms with Crippen LogP contribution < -0.4 is 10.1 Å². The standard InChI is InChI=1S/C18H19N5O2/c1-11-7-12(2)22-16(21-11)10-19-18(24)15-9-20-23-17(15)13-5-4-6-14(8-13)25-3/h4-9H,10H2,1-3H3,(H,19,24)(H,20,23). The lowest BCUT2D eigenvalue weighted by Gasteiger charge is -2.07. The van der Waals surface area contributed by atoms with Gasteiger partial charge < -0.3 is 10.1 Å². The Morgan fingerprint density at radius 2 is 1.96 bits per heavy atom. The number of rotatable bonds is 5. The molecule has 0 radical (unpaired) electrons. The van der Waals surface area contributed by atoms with Crippen molar-refractivity contribution in [1.82, 2.24) is 25.5 Å². The van der Waals surface area contributed by atoms with E-state index < -0.39 is 0 Å². The Kier molecular flexibility index (Phi) is 4.74. The largest absolute Gasteiger partial charge is 0.497 e. The summed E-state index contributed by atoms with van der Waals surface area (Å²) in [6.45, 7) is 4.05. The van der Waals surface area contributed by atoms with Crippen molar-refractivity contribution in [2.24, 2.45) is 0 Å². The van der Waals surface area contributed by atoms with Crippen LogP contribution >= 0.6 is 0 Å². The molecule has 0 aliphatic heterocycles. The van der Waals surface area contributed by atoms with Gasteiger partial charge in [-0.15, -0.1) is 0 Å². The van der Waals surface area contributed by atoms with Crippen molar-refractivity contribution in [3.05, 3.63) is 59.3 Å². The van der Waals surface area contributed by atoms with E-state index in [0.29, 0.717) is 22.8 Å². The van der Waals surface area contributed by atoms with Gasteiger partial charge in [-0.2, -0.15) is 5.10 Å². The minimum Gasteiger partial charge on any atom is -0.497 e. The van der Waals surface area contributed by atoms with Crippen LogP contribution in [0.1, 0.15) is 27.6 Å². The molecule has 0 fully saturated rings. The number of aromatic nitrogens is 4. The molecule has 0 spiro atoms. The van der Waals surface area contributed by atoms with Crippen LogP contribution in [-0.4, -0.2) is 33.2 Å². The number of aryl methyl sites for hydroxylation is 2. The number of nitrogens with zero attached hydrogens (tertiary/aromatic N) is 3. The molecule has 128 valence electrons. The van der Waals surface area contributed by atoms with Crippen LogP contribution in [0.15, 0.2) is 36.5 Å². The van der Waals surface area contributed by atoms with E-state index in [9.17, 15) is 4.79 Å². The van der Waals surface area contributed by atoms with Crippen LogP contribution in [0, 0.1) is 13.8 Å². The van der Waals surface area contributed by atoms with Crippen LogP contribution in [0.3, 0.4) is 0 Å². The lowest BCUT2D eigenvalue weighted by atomic mass is 10.1. The number of H-pyrrole nitrogens is 1. The summed E-state index contributed by atoms with van der Waals surface area (Å²) in [5, 5.41) is 9.71. The van der Waals surface area contributed by atoms with E-state index in [2.05, 4.69) is 25.5 Å². The molecule has 0 unspecified atom stereocenters. The van der Waals surface area contributed by atoms with Gasteiger partial charge in [0, 0.05) is 17.0 Å². The number of nitrogens with one attached hydrogen (secondary N) is 2. The molecular weight excluding hydrogens is 318 g/mol. The van der Waals surface area contributed by atoms with Crippen molar-refractivity contribution in [3.8, 4) is 17.0 Å². The topological polar surface area (TPSA) is 92.8 Å². The van der Waals surface area contributed by atoms with Crippen molar-refractivity contribution in [3.63, 3.8) is 0 Å². The van der Waals surface area contributed by atoms with E-state index in [-0.39, 0.29) is 12.5 Å². The molecule has 0 saturated carbocycles. The molecule has 2 aromatic heterocycles. The Hall–Kier alpha value is -3.22. The van der Waals surface area contributed by atoms with Gasteiger partial charge in [0.2, 0.25) is 0 Å². The summed E-state index contributed by atoms with van der Waals surface area (Å²) in [7, 11) is 1.60. The molecule has 1 aromatic carbocycles. The highest BCUT2D eigenvalue weighted by Gasteiger charge is 2.16. The van der Waals surface area contributed by atoms with Crippen LogP contribution in [0.4, 0.5) is 0 Å². The Morgan fingerprint density at radius 1 is 1.20 bits per heavy atom. The number of methoxy groups -OCH3 is 1. The average Bonchev–Trinajstić information content (AvgIpc) is 3.09. The first-order valence-corrected chi connectivity index (χ1v) is 7.84. The van der Waals surface area contributed by atoms with Crippen molar-refractivity contribution in [2.75, 3.05) is 7.11 Å². The lowest BCUT2D eigenvalue weighted by Crippen LogP contribution is -2.24. The quantitative estimate of drug-likeness (QED) is 0.746. The second-order valence-electron chi connectivity index (χ2n) is 5.64. The fraction of sp³-hybridized carbons (Fsp3) is 0.222. The molecule has 0 saturated heterocycles. The predicted molar refractivity (Wildman–Crippen MR) is 93.3 cm³/mol. The molecule has 7 heteroatoms. The number of hydrogen-bond donors (Lipinski definition) is 2. The maximum Gasteiger partial charge on any atom is 0.255 e. The van der Waals surface area contributed by atoms with Crippen LogP contribution in [0.2, 0.25) is 0 Å². The minimum atomic E-state index is -0.241. The van der Waals surface area contributed by atoms with Crippen molar-refractivity contribution < 1.29 is 9.53 Å². The zero-order valence-corrected chi connectivity index (χ0v) is 14.3. The smallest absolute Gasteiger partial charge is 0.255 e. The van der Waals surface area contributed by atoms with Gasteiger partial charge in [-0.1, -0.05) is 12.1 Å². The highest BCUT2D eigenvalue weighted by molar-refractivity contribution is 5.99. The molecular formula is C18H19N5O2. The Labute approximate surface area is 145 Å². The molecule has 2 heterocycles. The van der Waals surface area contributed by atoms with Gasteiger partial charge in [0.05, 0.1) is 31.1 Å². The van der Waals surface area contributed by atoms with Gasteiger partial charge >= 0.3 is 0 Å². The van der Waals surface area contributed by atoms with Gasteiger partial charge in [0.1, 0.15) is 11.6 Å². The van der Waals surface area contributed by atoms with Crippen molar-refractivity contribution in [1.29, 1.82) is 0 Å². The van der Waals surface area contributed by atoms with E-state index >= 15 is 0 Å². The number of carbonyl (C=O) groups is 1. The van der Waals surface area contributed by atoms with Gasteiger partial charge in [0.15, 0.2) is 0 Å². The number of hydrogen-bond acceptors (Lipinski definition) is 5.